The van der Waals surface area contributed by atoms with Crippen LogP contribution in [0.1, 0.15) is 7.43 Å². The second kappa shape index (κ2) is 7.63. The van der Waals surface area contributed by atoms with Crippen LogP contribution in [-0.2, 0) is 0 Å². The zero-order valence-corrected chi connectivity index (χ0v) is 13.4. The zero-order chi connectivity index (χ0) is 16.2. The molecule has 0 atom stereocenters. The van der Waals surface area contributed by atoms with Gasteiger partial charge in [-0.25, -0.2) is 0 Å². The molecule has 0 aliphatic heterocycles. The molecule has 0 radical (unpaired) electrons. The van der Waals surface area contributed by atoms with Crippen molar-refractivity contribution in [1.29, 1.82) is 0 Å². The van der Waals surface area contributed by atoms with Crippen molar-refractivity contribution < 1.29 is 0 Å². The highest BCUT2D eigenvalue weighted by Gasteiger charge is 2.13. The van der Waals surface area contributed by atoms with Gasteiger partial charge in [-0.2, -0.15) is 0 Å². The molecule has 0 nitrogen and oxygen atoms in total. The van der Waals surface area contributed by atoms with Crippen LogP contribution in [0.3, 0.4) is 0 Å². The van der Waals surface area contributed by atoms with Crippen LogP contribution in [0.2, 0.25) is 0 Å². The molecule has 4 rings (SSSR count). The van der Waals surface area contributed by atoms with Gasteiger partial charge < -0.3 is 0 Å². The van der Waals surface area contributed by atoms with Gasteiger partial charge in [-0.1, -0.05) is 117 Å². The third-order valence-corrected chi connectivity index (χ3v) is 4.30. The third-order valence-electron chi connectivity index (χ3n) is 4.30. The second-order valence-corrected chi connectivity index (χ2v) is 5.83. The quantitative estimate of drug-likeness (QED) is 0.370. The minimum atomic E-state index is 0. The minimum Gasteiger partial charge on any atom is -0.0776 e. The first-order chi connectivity index (χ1) is 11.9. The van der Waals surface area contributed by atoms with E-state index in [1.165, 1.54) is 33.4 Å². The van der Waals surface area contributed by atoms with E-state index in [2.05, 4.69) is 109 Å². The molecule has 0 bridgehead atoms. The highest BCUT2D eigenvalue weighted by Crippen LogP contribution is 2.39. The van der Waals surface area contributed by atoms with Crippen LogP contribution in [0, 0.1) is 0 Å². The molecule has 0 spiro atoms. The predicted molar refractivity (Wildman–Crippen MR) is 109 cm³/mol. The summed E-state index contributed by atoms with van der Waals surface area (Å²) in [4.78, 5) is 0. The molecule has 0 heteroatoms. The van der Waals surface area contributed by atoms with E-state index in [9.17, 15) is 0 Å². The van der Waals surface area contributed by atoms with Gasteiger partial charge in [0.05, 0.1) is 0 Å². The summed E-state index contributed by atoms with van der Waals surface area (Å²) in [5.74, 6) is 0. The average Bonchev–Trinajstić information content (AvgIpc) is 2.69. The molecule has 122 valence electrons. The zero-order valence-electron chi connectivity index (χ0n) is 13.4. The first-order valence-electron chi connectivity index (χ1n) is 8.23. The number of benzene rings is 4. The molecule has 0 saturated heterocycles. The highest BCUT2D eigenvalue weighted by atomic mass is 14.2. The first-order valence-corrected chi connectivity index (χ1v) is 8.23. The molecule has 0 saturated carbocycles. The lowest BCUT2D eigenvalue weighted by atomic mass is 9.88. The highest BCUT2D eigenvalue weighted by molar-refractivity contribution is 5.94. The number of hydrogen-bond donors (Lipinski definition) is 0. The Hall–Kier alpha value is -3.12. The largest absolute Gasteiger partial charge is 0.0776 e. The van der Waals surface area contributed by atoms with Crippen molar-refractivity contribution in [1.82, 2.24) is 0 Å². The summed E-state index contributed by atoms with van der Waals surface area (Å²) < 4.78 is 0. The Morgan fingerprint density at radius 3 is 1.08 bits per heavy atom. The van der Waals surface area contributed by atoms with Gasteiger partial charge >= 0.3 is 0 Å². The minimum absolute atomic E-state index is 0. The lowest BCUT2D eigenvalue weighted by molar-refractivity contribution is 1.56. The Bertz CT molecular complexity index is 866. The van der Waals surface area contributed by atoms with Crippen LogP contribution in [-0.4, -0.2) is 0 Å². The molecule has 4 aromatic carbocycles. The van der Waals surface area contributed by atoms with Gasteiger partial charge in [-0.05, 0) is 33.4 Å². The summed E-state index contributed by atoms with van der Waals surface area (Å²) >= 11 is 0. The van der Waals surface area contributed by atoms with E-state index in [-0.39, 0.29) is 7.43 Å². The fourth-order valence-electron chi connectivity index (χ4n) is 3.18. The maximum absolute atomic E-state index is 2.21. The van der Waals surface area contributed by atoms with Gasteiger partial charge in [0, 0.05) is 0 Å². The van der Waals surface area contributed by atoms with Crippen LogP contribution >= 0.6 is 0 Å². The fraction of sp³-hybridized carbons (Fsp3) is 0.0400. The van der Waals surface area contributed by atoms with Crippen molar-refractivity contribution in [3.05, 3.63) is 109 Å². The molecule has 0 N–H and O–H groups in total. The Labute approximate surface area is 150 Å². The standard InChI is InChI=1S/C24H18.CH4/c1-4-11-19(12-5-1)22-17-10-18-23(20-13-6-2-7-14-20)24(22)21-15-8-3-9-16-21;/h1-18H;1H4. The molecule has 0 amide bonds. The van der Waals surface area contributed by atoms with Crippen molar-refractivity contribution in [3.63, 3.8) is 0 Å². The van der Waals surface area contributed by atoms with E-state index >= 15 is 0 Å². The molecular weight excluding hydrogens is 300 g/mol. The van der Waals surface area contributed by atoms with Gasteiger partial charge in [0.1, 0.15) is 0 Å². The van der Waals surface area contributed by atoms with Gasteiger partial charge in [-0.3, -0.25) is 0 Å². The molecule has 0 unspecified atom stereocenters. The van der Waals surface area contributed by atoms with E-state index in [1.807, 2.05) is 0 Å². The fourth-order valence-corrected chi connectivity index (χ4v) is 3.18. The van der Waals surface area contributed by atoms with Gasteiger partial charge in [0.15, 0.2) is 0 Å². The van der Waals surface area contributed by atoms with Gasteiger partial charge in [0.25, 0.3) is 0 Å². The number of hydrogen-bond acceptors (Lipinski definition) is 0. The lowest BCUT2D eigenvalue weighted by Crippen LogP contribution is -1.90. The van der Waals surface area contributed by atoms with Crippen LogP contribution in [0.4, 0.5) is 0 Å². The van der Waals surface area contributed by atoms with Gasteiger partial charge in [0.2, 0.25) is 0 Å². The average molecular weight is 322 g/mol. The van der Waals surface area contributed by atoms with Crippen LogP contribution in [0.15, 0.2) is 109 Å². The number of rotatable bonds is 3. The maximum atomic E-state index is 2.21. The molecule has 4 aromatic rings. The SMILES string of the molecule is C.c1ccc(-c2cccc(-c3ccccc3)c2-c2ccccc2)cc1. The van der Waals surface area contributed by atoms with E-state index < -0.39 is 0 Å². The monoisotopic (exact) mass is 322 g/mol. The van der Waals surface area contributed by atoms with Crippen molar-refractivity contribution in [2.24, 2.45) is 0 Å². The Morgan fingerprint density at radius 1 is 0.320 bits per heavy atom. The van der Waals surface area contributed by atoms with Crippen molar-refractivity contribution >= 4 is 0 Å². The van der Waals surface area contributed by atoms with Crippen LogP contribution < -0.4 is 0 Å². The molecule has 0 aromatic heterocycles. The van der Waals surface area contributed by atoms with Crippen LogP contribution in [0.25, 0.3) is 33.4 Å². The van der Waals surface area contributed by atoms with Crippen molar-refractivity contribution in [3.8, 4) is 33.4 Å². The van der Waals surface area contributed by atoms with E-state index in [0.717, 1.165) is 0 Å². The topological polar surface area (TPSA) is 0 Å². The Morgan fingerprint density at radius 2 is 0.680 bits per heavy atom. The van der Waals surface area contributed by atoms with E-state index in [1.54, 1.807) is 0 Å². The molecule has 0 fully saturated rings. The normalized spacial score (nSPS) is 10.1. The molecule has 0 aliphatic carbocycles. The Balaban J connectivity index is 0.00000182. The Kier molecular flexibility index (Phi) is 5.11. The van der Waals surface area contributed by atoms with Crippen molar-refractivity contribution in [2.45, 2.75) is 7.43 Å². The van der Waals surface area contributed by atoms with E-state index in [0.29, 0.717) is 0 Å². The summed E-state index contributed by atoms with van der Waals surface area (Å²) in [5, 5.41) is 0. The predicted octanol–water partition coefficient (Wildman–Crippen LogP) is 7.32. The summed E-state index contributed by atoms with van der Waals surface area (Å²) in [5.41, 5.74) is 7.56. The summed E-state index contributed by atoms with van der Waals surface area (Å²) in [6.07, 6.45) is 0. The first kappa shape index (κ1) is 16.7. The summed E-state index contributed by atoms with van der Waals surface area (Å²) in [7, 11) is 0. The lowest BCUT2D eigenvalue weighted by Gasteiger charge is -2.16. The summed E-state index contributed by atoms with van der Waals surface area (Å²) in [6.45, 7) is 0. The molecule has 25 heavy (non-hydrogen) atoms. The maximum Gasteiger partial charge on any atom is -0.00268 e. The van der Waals surface area contributed by atoms with Crippen molar-refractivity contribution in [2.75, 3.05) is 0 Å². The van der Waals surface area contributed by atoms with Gasteiger partial charge in [-0.15, -0.1) is 0 Å². The molecular formula is C25H22. The second-order valence-electron chi connectivity index (χ2n) is 5.83. The smallest absolute Gasteiger partial charge is 0.00268 e. The van der Waals surface area contributed by atoms with Crippen LogP contribution in [0.5, 0.6) is 0 Å². The molecule has 0 heterocycles. The molecule has 0 aliphatic rings. The van der Waals surface area contributed by atoms with E-state index in [4.69, 9.17) is 0 Å². The summed E-state index contributed by atoms with van der Waals surface area (Å²) in [6, 6.07) is 38.4. The third kappa shape index (κ3) is 3.39.